The summed E-state index contributed by atoms with van der Waals surface area (Å²) in [4.78, 5) is 11.8. The van der Waals surface area contributed by atoms with E-state index in [1.165, 1.54) is 6.42 Å². The summed E-state index contributed by atoms with van der Waals surface area (Å²) < 4.78 is 0. The Morgan fingerprint density at radius 3 is 2.60 bits per heavy atom. The van der Waals surface area contributed by atoms with Crippen molar-refractivity contribution in [3.05, 3.63) is 0 Å². The van der Waals surface area contributed by atoms with Gasteiger partial charge in [-0.05, 0) is 19.3 Å². The second-order valence-electron chi connectivity index (χ2n) is 2.59. The minimum atomic E-state index is 0.0474. The molecule has 1 rings (SSSR count). The van der Waals surface area contributed by atoms with Gasteiger partial charge in [0.15, 0.2) is 0 Å². The first-order valence-electron chi connectivity index (χ1n) is 3.63. The highest BCUT2D eigenvalue weighted by Crippen LogP contribution is 2.22. The van der Waals surface area contributed by atoms with Crippen molar-refractivity contribution >= 4 is 6.41 Å². The molecular formula is C7H12NO2. The highest BCUT2D eigenvalue weighted by atomic mass is 16.3. The van der Waals surface area contributed by atoms with E-state index >= 15 is 0 Å². The molecule has 0 aromatic carbocycles. The van der Waals surface area contributed by atoms with Crippen LogP contribution in [0, 0.1) is 0 Å². The Morgan fingerprint density at radius 2 is 2.30 bits per heavy atom. The molecule has 57 valence electrons. The lowest BCUT2D eigenvalue weighted by Gasteiger charge is -2.33. The van der Waals surface area contributed by atoms with Crippen LogP contribution in [0.25, 0.3) is 0 Å². The number of aliphatic hydroxyl groups excluding tert-OH is 1. The van der Waals surface area contributed by atoms with Crippen LogP contribution in [-0.4, -0.2) is 35.6 Å². The third-order valence-corrected chi connectivity index (χ3v) is 1.97. The number of rotatable bonds is 4. The molecule has 10 heavy (non-hydrogen) atoms. The third kappa shape index (κ3) is 1.48. The Bertz CT molecular complexity index is 112. The zero-order valence-electron chi connectivity index (χ0n) is 5.92. The van der Waals surface area contributed by atoms with E-state index in [1.807, 2.05) is 6.41 Å². The lowest BCUT2D eigenvalue weighted by Crippen LogP contribution is -2.40. The molecule has 0 aliphatic heterocycles. The molecule has 1 N–H and O–H groups in total. The molecule has 1 radical (unpaired) electrons. The Balaban J connectivity index is 2.24. The van der Waals surface area contributed by atoms with Crippen molar-refractivity contribution in [1.29, 1.82) is 0 Å². The lowest BCUT2D eigenvalue weighted by molar-refractivity contribution is 0.164. The SMILES string of the molecule is O=[C]N(CCO)C1CCC1. The Hall–Kier alpha value is -0.570. The van der Waals surface area contributed by atoms with E-state index in [2.05, 4.69) is 0 Å². The molecule has 0 bridgehead atoms. The van der Waals surface area contributed by atoms with Gasteiger partial charge < -0.3 is 10.0 Å². The molecule has 0 aromatic heterocycles. The fourth-order valence-electron chi connectivity index (χ4n) is 1.11. The zero-order chi connectivity index (χ0) is 7.40. The number of nitrogens with zero attached hydrogens (tertiary/aromatic N) is 1. The highest BCUT2D eigenvalue weighted by Gasteiger charge is 2.23. The second-order valence-corrected chi connectivity index (χ2v) is 2.59. The van der Waals surface area contributed by atoms with E-state index in [0.717, 1.165) is 12.8 Å². The Kier molecular flexibility index (Phi) is 2.68. The fraction of sp³-hybridized carbons (Fsp3) is 0.857. The van der Waals surface area contributed by atoms with E-state index in [4.69, 9.17) is 5.11 Å². The van der Waals surface area contributed by atoms with Crippen LogP contribution >= 0.6 is 0 Å². The number of carbonyl (C=O) groups excluding carboxylic acids is 1. The minimum absolute atomic E-state index is 0.0474. The maximum Gasteiger partial charge on any atom is 0.312 e. The molecule has 1 amide bonds. The fourth-order valence-corrected chi connectivity index (χ4v) is 1.11. The van der Waals surface area contributed by atoms with Crippen molar-refractivity contribution in [2.75, 3.05) is 13.2 Å². The summed E-state index contributed by atoms with van der Waals surface area (Å²) in [6.45, 7) is 0.486. The molecule has 1 fully saturated rings. The topological polar surface area (TPSA) is 40.5 Å². The van der Waals surface area contributed by atoms with Gasteiger partial charge in [-0.3, -0.25) is 4.79 Å². The smallest absolute Gasteiger partial charge is 0.312 e. The van der Waals surface area contributed by atoms with Gasteiger partial charge in [-0.15, -0.1) is 0 Å². The number of aliphatic hydroxyl groups is 1. The van der Waals surface area contributed by atoms with Gasteiger partial charge in [0.1, 0.15) is 0 Å². The van der Waals surface area contributed by atoms with Crippen LogP contribution in [0.15, 0.2) is 0 Å². The zero-order valence-corrected chi connectivity index (χ0v) is 5.92. The van der Waals surface area contributed by atoms with E-state index in [0.29, 0.717) is 12.6 Å². The van der Waals surface area contributed by atoms with Crippen LogP contribution < -0.4 is 0 Å². The van der Waals surface area contributed by atoms with Crippen molar-refractivity contribution in [2.45, 2.75) is 25.3 Å². The first-order valence-corrected chi connectivity index (χ1v) is 3.63. The normalized spacial score (nSPS) is 18.1. The molecule has 0 heterocycles. The summed E-state index contributed by atoms with van der Waals surface area (Å²) in [6, 6.07) is 0.365. The monoisotopic (exact) mass is 142 g/mol. The van der Waals surface area contributed by atoms with Gasteiger partial charge >= 0.3 is 6.41 Å². The summed E-state index contributed by atoms with van der Waals surface area (Å²) in [5.74, 6) is 0. The van der Waals surface area contributed by atoms with Crippen LogP contribution in [0.4, 0.5) is 0 Å². The second kappa shape index (κ2) is 3.56. The quantitative estimate of drug-likeness (QED) is 0.557. The van der Waals surface area contributed by atoms with E-state index in [9.17, 15) is 4.79 Å². The maximum absolute atomic E-state index is 10.2. The van der Waals surface area contributed by atoms with Crippen LogP contribution in [-0.2, 0) is 4.79 Å². The number of amides is 1. The standard InChI is InChI=1S/C7H12NO2/c9-5-4-8(6-10)7-2-1-3-7/h7,9H,1-5H2. The average Bonchev–Trinajstić information content (AvgIpc) is 1.83. The summed E-state index contributed by atoms with van der Waals surface area (Å²) >= 11 is 0. The molecule has 0 spiro atoms. The summed E-state index contributed by atoms with van der Waals surface area (Å²) in [5.41, 5.74) is 0. The van der Waals surface area contributed by atoms with Gasteiger partial charge in [0.25, 0.3) is 0 Å². The molecule has 3 nitrogen and oxygen atoms in total. The number of hydrogen-bond donors (Lipinski definition) is 1. The van der Waals surface area contributed by atoms with Gasteiger partial charge in [0, 0.05) is 12.6 Å². The third-order valence-electron chi connectivity index (χ3n) is 1.97. The van der Waals surface area contributed by atoms with Crippen molar-refractivity contribution in [2.24, 2.45) is 0 Å². The largest absolute Gasteiger partial charge is 0.395 e. The average molecular weight is 142 g/mol. The summed E-state index contributed by atoms with van der Waals surface area (Å²) in [5, 5.41) is 8.52. The van der Waals surface area contributed by atoms with Crippen LogP contribution in [0.5, 0.6) is 0 Å². The summed E-state index contributed by atoms with van der Waals surface area (Å²) in [6.07, 6.45) is 5.19. The molecule has 1 saturated carbocycles. The molecule has 0 unspecified atom stereocenters. The molecule has 0 atom stereocenters. The number of hydrogen-bond acceptors (Lipinski definition) is 2. The van der Waals surface area contributed by atoms with Gasteiger partial charge in [-0.25, -0.2) is 0 Å². The van der Waals surface area contributed by atoms with Crippen LogP contribution in [0.2, 0.25) is 0 Å². The lowest BCUT2D eigenvalue weighted by atomic mass is 9.92. The molecule has 0 saturated heterocycles. The molecule has 3 heteroatoms. The first-order chi connectivity index (χ1) is 4.88. The van der Waals surface area contributed by atoms with Gasteiger partial charge in [-0.2, -0.15) is 0 Å². The first kappa shape index (κ1) is 7.54. The Morgan fingerprint density at radius 1 is 1.60 bits per heavy atom. The van der Waals surface area contributed by atoms with E-state index < -0.39 is 0 Å². The molecule has 1 aliphatic carbocycles. The highest BCUT2D eigenvalue weighted by molar-refractivity contribution is 5.49. The maximum atomic E-state index is 10.2. The van der Waals surface area contributed by atoms with Crippen LogP contribution in [0.3, 0.4) is 0 Å². The van der Waals surface area contributed by atoms with Gasteiger partial charge in [0.2, 0.25) is 0 Å². The minimum Gasteiger partial charge on any atom is -0.395 e. The molecule has 1 aliphatic rings. The van der Waals surface area contributed by atoms with Crippen LogP contribution in [0.1, 0.15) is 19.3 Å². The van der Waals surface area contributed by atoms with Crippen molar-refractivity contribution in [1.82, 2.24) is 4.90 Å². The van der Waals surface area contributed by atoms with E-state index in [-0.39, 0.29) is 6.61 Å². The van der Waals surface area contributed by atoms with Gasteiger partial charge in [-0.1, -0.05) is 0 Å². The molecule has 0 aromatic rings. The van der Waals surface area contributed by atoms with Crippen molar-refractivity contribution in [3.8, 4) is 0 Å². The predicted molar refractivity (Wildman–Crippen MR) is 37.1 cm³/mol. The van der Waals surface area contributed by atoms with Crippen molar-refractivity contribution in [3.63, 3.8) is 0 Å². The molecular weight excluding hydrogens is 130 g/mol. The van der Waals surface area contributed by atoms with Crippen molar-refractivity contribution < 1.29 is 9.90 Å². The Labute approximate surface area is 60.6 Å². The predicted octanol–water partition coefficient (Wildman–Crippen LogP) is -0.0996. The summed E-state index contributed by atoms with van der Waals surface area (Å²) in [7, 11) is 0. The van der Waals surface area contributed by atoms with E-state index in [1.54, 1.807) is 4.90 Å². The van der Waals surface area contributed by atoms with Gasteiger partial charge in [0.05, 0.1) is 6.61 Å².